The molecule has 0 amide bonds. The molecule has 1 N–H and O–H groups in total. The van der Waals surface area contributed by atoms with Crippen LogP contribution >= 0.6 is 0 Å². The van der Waals surface area contributed by atoms with Gasteiger partial charge in [0.25, 0.3) is 0 Å². The predicted octanol–water partition coefficient (Wildman–Crippen LogP) is 1.51. The number of sulfonamides is 1. The molecule has 1 aromatic carbocycles. The van der Waals surface area contributed by atoms with Crippen LogP contribution in [-0.2, 0) is 10.0 Å². The molecule has 104 valence electrons. The lowest BCUT2D eigenvalue weighted by Gasteiger charge is -2.24. The van der Waals surface area contributed by atoms with E-state index in [1.54, 1.807) is 16.4 Å². The van der Waals surface area contributed by atoms with Crippen molar-refractivity contribution in [1.82, 2.24) is 9.62 Å². The Morgan fingerprint density at radius 3 is 2.68 bits per heavy atom. The van der Waals surface area contributed by atoms with Crippen LogP contribution in [0.2, 0.25) is 0 Å². The van der Waals surface area contributed by atoms with Crippen LogP contribution in [0.15, 0.2) is 29.2 Å². The zero-order valence-electron chi connectivity index (χ0n) is 11.2. The first kappa shape index (κ1) is 13.1. The number of hydrogen-bond donors (Lipinski definition) is 1. The number of fused-ring (bicyclic) bond motifs is 2. The highest BCUT2D eigenvalue weighted by atomic mass is 32.2. The lowest BCUT2D eigenvalue weighted by atomic mass is 10.1. The molecule has 5 heteroatoms. The highest BCUT2D eigenvalue weighted by Crippen LogP contribution is 2.26. The van der Waals surface area contributed by atoms with Gasteiger partial charge in [-0.15, -0.1) is 0 Å². The zero-order chi connectivity index (χ0) is 13.5. The summed E-state index contributed by atoms with van der Waals surface area (Å²) in [5.74, 6) is 0. The van der Waals surface area contributed by atoms with Gasteiger partial charge in [-0.05, 0) is 37.8 Å². The molecule has 2 unspecified atom stereocenters. The van der Waals surface area contributed by atoms with Crippen LogP contribution in [0.1, 0.15) is 24.8 Å². The van der Waals surface area contributed by atoms with E-state index in [0.29, 0.717) is 30.1 Å². The lowest BCUT2D eigenvalue weighted by Crippen LogP contribution is -2.39. The number of nitrogens with one attached hydrogen (secondary N) is 1. The molecule has 2 fully saturated rings. The average Bonchev–Trinajstić information content (AvgIpc) is 2.68. The second kappa shape index (κ2) is 4.89. The van der Waals surface area contributed by atoms with Gasteiger partial charge in [-0.25, -0.2) is 8.42 Å². The van der Waals surface area contributed by atoms with Crippen LogP contribution < -0.4 is 5.32 Å². The lowest BCUT2D eigenvalue weighted by molar-refractivity contribution is 0.383. The SMILES string of the molecule is Cc1ccccc1S(=O)(=O)N1CCC2CCC(C1)N2. The van der Waals surface area contributed by atoms with E-state index in [4.69, 9.17) is 0 Å². The number of aryl methyl sites for hydroxylation is 1. The number of hydrogen-bond acceptors (Lipinski definition) is 3. The highest BCUT2D eigenvalue weighted by molar-refractivity contribution is 7.89. The van der Waals surface area contributed by atoms with Crippen LogP contribution in [0.5, 0.6) is 0 Å². The quantitative estimate of drug-likeness (QED) is 0.893. The minimum Gasteiger partial charge on any atom is -0.310 e. The fourth-order valence-electron chi connectivity index (χ4n) is 3.11. The molecule has 0 aromatic heterocycles. The molecule has 2 saturated heterocycles. The van der Waals surface area contributed by atoms with Crippen LogP contribution in [0.25, 0.3) is 0 Å². The molecule has 0 spiro atoms. The number of nitrogens with zero attached hydrogens (tertiary/aromatic N) is 1. The first-order chi connectivity index (χ1) is 9.07. The zero-order valence-corrected chi connectivity index (χ0v) is 12.0. The molecule has 0 aliphatic carbocycles. The third kappa shape index (κ3) is 2.42. The van der Waals surface area contributed by atoms with Crippen LogP contribution in [-0.4, -0.2) is 37.9 Å². The maximum atomic E-state index is 12.7. The Kier molecular flexibility index (Phi) is 3.37. The van der Waals surface area contributed by atoms with E-state index in [-0.39, 0.29) is 0 Å². The molecular formula is C14H20N2O2S. The van der Waals surface area contributed by atoms with E-state index in [9.17, 15) is 8.42 Å². The fourth-order valence-corrected chi connectivity index (χ4v) is 4.84. The van der Waals surface area contributed by atoms with Gasteiger partial charge in [0.15, 0.2) is 0 Å². The summed E-state index contributed by atoms with van der Waals surface area (Å²) in [4.78, 5) is 0.452. The van der Waals surface area contributed by atoms with Crippen LogP contribution in [0.3, 0.4) is 0 Å². The Bertz CT molecular complexity index is 571. The van der Waals surface area contributed by atoms with Crippen molar-refractivity contribution < 1.29 is 8.42 Å². The van der Waals surface area contributed by atoms with Gasteiger partial charge in [-0.1, -0.05) is 18.2 Å². The normalized spacial score (nSPS) is 28.3. The average molecular weight is 280 g/mol. The summed E-state index contributed by atoms with van der Waals surface area (Å²) in [6, 6.07) is 8.06. The molecular weight excluding hydrogens is 260 g/mol. The Morgan fingerprint density at radius 1 is 1.16 bits per heavy atom. The summed E-state index contributed by atoms with van der Waals surface area (Å²) >= 11 is 0. The Morgan fingerprint density at radius 2 is 1.89 bits per heavy atom. The summed E-state index contributed by atoms with van der Waals surface area (Å²) in [6.45, 7) is 3.09. The highest BCUT2D eigenvalue weighted by Gasteiger charge is 2.35. The molecule has 2 bridgehead atoms. The van der Waals surface area contributed by atoms with E-state index >= 15 is 0 Å². The van der Waals surface area contributed by atoms with E-state index in [0.717, 1.165) is 18.4 Å². The summed E-state index contributed by atoms with van der Waals surface area (Å²) in [5, 5.41) is 3.51. The molecule has 2 heterocycles. The van der Waals surface area contributed by atoms with Crippen molar-refractivity contribution in [3.8, 4) is 0 Å². The van der Waals surface area contributed by atoms with E-state index < -0.39 is 10.0 Å². The summed E-state index contributed by atoms with van der Waals surface area (Å²) in [6.07, 6.45) is 3.19. The first-order valence-corrected chi connectivity index (χ1v) is 8.33. The molecule has 3 rings (SSSR count). The molecule has 1 aromatic rings. The van der Waals surface area contributed by atoms with Crippen molar-refractivity contribution in [3.05, 3.63) is 29.8 Å². The topological polar surface area (TPSA) is 49.4 Å². The fraction of sp³-hybridized carbons (Fsp3) is 0.571. The summed E-state index contributed by atoms with van der Waals surface area (Å²) < 4.78 is 27.1. The van der Waals surface area contributed by atoms with Gasteiger partial charge >= 0.3 is 0 Å². The van der Waals surface area contributed by atoms with Gasteiger partial charge in [0.1, 0.15) is 0 Å². The second-order valence-electron chi connectivity index (χ2n) is 5.56. The summed E-state index contributed by atoms with van der Waals surface area (Å²) in [7, 11) is -3.35. The van der Waals surface area contributed by atoms with Gasteiger partial charge in [0.05, 0.1) is 4.90 Å². The monoisotopic (exact) mass is 280 g/mol. The summed E-state index contributed by atoms with van der Waals surface area (Å²) in [5.41, 5.74) is 0.824. The third-order valence-electron chi connectivity index (χ3n) is 4.20. The molecule has 2 aliphatic heterocycles. The maximum Gasteiger partial charge on any atom is 0.243 e. The van der Waals surface area contributed by atoms with Crippen molar-refractivity contribution in [1.29, 1.82) is 0 Å². The van der Waals surface area contributed by atoms with E-state index in [2.05, 4.69) is 5.32 Å². The van der Waals surface area contributed by atoms with Crippen LogP contribution in [0, 0.1) is 6.92 Å². The van der Waals surface area contributed by atoms with Crippen molar-refractivity contribution >= 4 is 10.0 Å². The van der Waals surface area contributed by atoms with Gasteiger partial charge < -0.3 is 5.32 Å². The van der Waals surface area contributed by atoms with Crippen molar-refractivity contribution in [2.45, 2.75) is 43.2 Å². The molecule has 2 aliphatic rings. The second-order valence-corrected chi connectivity index (χ2v) is 7.46. The van der Waals surface area contributed by atoms with E-state index in [1.165, 1.54) is 6.42 Å². The standard InChI is InChI=1S/C14H20N2O2S/c1-11-4-2-3-5-14(11)19(17,18)16-9-8-12-6-7-13(10-16)15-12/h2-5,12-13,15H,6-10H2,1H3. The maximum absolute atomic E-state index is 12.7. The minimum absolute atomic E-state index is 0.325. The number of benzene rings is 1. The van der Waals surface area contributed by atoms with Gasteiger partial charge in [-0.2, -0.15) is 4.31 Å². The van der Waals surface area contributed by atoms with Gasteiger partial charge in [0, 0.05) is 25.2 Å². The smallest absolute Gasteiger partial charge is 0.243 e. The van der Waals surface area contributed by atoms with Gasteiger partial charge in [0.2, 0.25) is 10.0 Å². The molecule has 19 heavy (non-hydrogen) atoms. The van der Waals surface area contributed by atoms with Gasteiger partial charge in [-0.3, -0.25) is 0 Å². The molecule has 0 saturated carbocycles. The van der Waals surface area contributed by atoms with E-state index in [1.807, 2.05) is 19.1 Å². The third-order valence-corrected chi connectivity index (χ3v) is 6.22. The Hall–Kier alpha value is -0.910. The predicted molar refractivity (Wildman–Crippen MR) is 74.5 cm³/mol. The van der Waals surface area contributed by atoms with Crippen molar-refractivity contribution in [2.24, 2.45) is 0 Å². The van der Waals surface area contributed by atoms with Crippen LogP contribution in [0.4, 0.5) is 0 Å². The molecule has 2 atom stereocenters. The Labute approximate surface area is 114 Å². The largest absolute Gasteiger partial charge is 0.310 e. The Balaban J connectivity index is 1.90. The molecule has 4 nitrogen and oxygen atoms in total. The molecule has 0 radical (unpaired) electrons. The first-order valence-electron chi connectivity index (χ1n) is 6.89. The van der Waals surface area contributed by atoms with Crippen molar-refractivity contribution in [2.75, 3.05) is 13.1 Å². The van der Waals surface area contributed by atoms with Crippen molar-refractivity contribution in [3.63, 3.8) is 0 Å². The minimum atomic E-state index is -3.35. The number of rotatable bonds is 2.